The Hall–Kier alpha value is -3.57. The number of fused-ring (bicyclic) bond motifs is 1. The summed E-state index contributed by atoms with van der Waals surface area (Å²) in [6.07, 6.45) is 2.97. The first-order valence-electron chi connectivity index (χ1n) is 9.76. The fourth-order valence-corrected chi connectivity index (χ4v) is 4.42. The van der Waals surface area contributed by atoms with Gasteiger partial charge in [0.1, 0.15) is 15.5 Å². The zero-order valence-corrected chi connectivity index (χ0v) is 18.6. The summed E-state index contributed by atoms with van der Waals surface area (Å²) < 4.78 is 21.4. The third-order valence-electron chi connectivity index (χ3n) is 4.70. The van der Waals surface area contributed by atoms with Crippen LogP contribution in [0.1, 0.15) is 18.4 Å². The molecule has 4 rings (SSSR count). The van der Waals surface area contributed by atoms with Crippen LogP contribution in [-0.2, 0) is 9.59 Å². The summed E-state index contributed by atoms with van der Waals surface area (Å²) >= 11 is 6.24. The largest absolute Gasteiger partial charge is 0.481 e. The lowest BCUT2D eigenvalue weighted by atomic mass is 10.2. The Bertz CT molecular complexity index is 1370. The maximum Gasteiger partial charge on any atom is 0.303 e. The van der Waals surface area contributed by atoms with Crippen molar-refractivity contribution in [3.05, 3.63) is 75.3 Å². The predicted octanol–water partition coefficient (Wildman–Crippen LogP) is 3.69. The van der Waals surface area contributed by atoms with Crippen molar-refractivity contribution in [1.29, 1.82) is 0 Å². The molecule has 11 heteroatoms. The van der Waals surface area contributed by atoms with Crippen molar-refractivity contribution in [3.63, 3.8) is 0 Å². The van der Waals surface area contributed by atoms with Crippen LogP contribution < -0.4 is 10.3 Å². The van der Waals surface area contributed by atoms with Gasteiger partial charge < -0.3 is 9.84 Å². The number of nitrogens with zero attached hydrogens (tertiary/aromatic N) is 3. The van der Waals surface area contributed by atoms with Crippen LogP contribution in [0.15, 0.2) is 58.4 Å². The number of thiocarbonyl (C=S) groups is 1. The molecule has 3 heterocycles. The van der Waals surface area contributed by atoms with Crippen LogP contribution in [0.25, 0.3) is 11.7 Å². The molecule has 1 aliphatic heterocycles. The number of aromatic nitrogens is 2. The van der Waals surface area contributed by atoms with Crippen molar-refractivity contribution in [1.82, 2.24) is 14.3 Å². The number of carboxylic acid groups (broad SMARTS) is 1. The summed E-state index contributed by atoms with van der Waals surface area (Å²) in [7, 11) is 0. The van der Waals surface area contributed by atoms with E-state index in [2.05, 4.69) is 4.98 Å². The van der Waals surface area contributed by atoms with Gasteiger partial charge in [-0.05, 0) is 36.8 Å². The Labute approximate surface area is 196 Å². The molecule has 0 spiro atoms. The minimum atomic E-state index is -0.971. The Morgan fingerprint density at radius 3 is 2.73 bits per heavy atom. The van der Waals surface area contributed by atoms with Crippen molar-refractivity contribution < 1.29 is 23.8 Å². The molecule has 2 aromatic heterocycles. The lowest BCUT2D eigenvalue weighted by Crippen LogP contribution is -2.29. The molecule has 0 atom stereocenters. The molecule has 1 aliphatic rings. The number of carbonyl (C=O) groups excluding carboxylic acids is 1. The van der Waals surface area contributed by atoms with Crippen molar-refractivity contribution in [3.8, 4) is 11.6 Å². The number of carboxylic acids is 1. The van der Waals surface area contributed by atoms with Crippen LogP contribution in [0.2, 0.25) is 0 Å². The van der Waals surface area contributed by atoms with Crippen molar-refractivity contribution in [2.24, 2.45) is 0 Å². The zero-order chi connectivity index (χ0) is 23.5. The van der Waals surface area contributed by atoms with Crippen LogP contribution in [0.3, 0.4) is 0 Å². The first-order chi connectivity index (χ1) is 15.8. The van der Waals surface area contributed by atoms with Crippen molar-refractivity contribution >= 4 is 51.9 Å². The molecule has 0 bridgehead atoms. The molecule has 168 valence electrons. The van der Waals surface area contributed by atoms with E-state index in [1.165, 1.54) is 39.8 Å². The maximum atomic E-state index is 14.2. The SMILES string of the molecule is O=C(O)CCCN1C(=O)C(=Cc2c(Oc3ccccc3F)nc3ccccn3c2=O)SC1=S. The number of benzene rings is 1. The quantitative estimate of drug-likeness (QED) is 0.399. The normalized spacial score (nSPS) is 14.9. The fourth-order valence-electron chi connectivity index (χ4n) is 3.13. The highest BCUT2D eigenvalue weighted by atomic mass is 32.2. The maximum absolute atomic E-state index is 14.2. The number of pyridine rings is 1. The molecule has 3 aromatic rings. The molecule has 8 nitrogen and oxygen atoms in total. The molecule has 1 fully saturated rings. The fraction of sp³-hybridized carbons (Fsp3) is 0.136. The van der Waals surface area contributed by atoms with Gasteiger partial charge in [-0.25, -0.2) is 4.39 Å². The topological polar surface area (TPSA) is 101 Å². The third-order valence-corrected chi connectivity index (χ3v) is 6.08. The molecule has 0 saturated carbocycles. The first-order valence-corrected chi connectivity index (χ1v) is 11.0. The molecule has 0 radical (unpaired) electrons. The Balaban J connectivity index is 1.75. The van der Waals surface area contributed by atoms with E-state index in [1.807, 2.05) is 0 Å². The molecule has 0 unspecified atom stereocenters. The van der Waals surface area contributed by atoms with Gasteiger partial charge in [-0.15, -0.1) is 0 Å². The molecule has 1 N–H and O–H groups in total. The molecule has 0 aliphatic carbocycles. The minimum Gasteiger partial charge on any atom is -0.481 e. The highest BCUT2D eigenvalue weighted by Gasteiger charge is 2.32. The Morgan fingerprint density at radius 2 is 1.97 bits per heavy atom. The van der Waals surface area contributed by atoms with E-state index in [-0.39, 0.29) is 51.5 Å². The van der Waals surface area contributed by atoms with E-state index in [0.29, 0.717) is 0 Å². The van der Waals surface area contributed by atoms with E-state index in [9.17, 15) is 18.8 Å². The van der Waals surface area contributed by atoms with Crippen molar-refractivity contribution in [2.45, 2.75) is 12.8 Å². The molecule has 1 amide bonds. The number of rotatable bonds is 7. The van der Waals surface area contributed by atoms with Crippen molar-refractivity contribution in [2.75, 3.05) is 6.54 Å². The second-order valence-corrected chi connectivity index (χ2v) is 8.60. The number of carbonyl (C=O) groups is 2. The van der Waals surface area contributed by atoms with Gasteiger partial charge in [0.2, 0.25) is 5.88 Å². The summed E-state index contributed by atoms with van der Waals surface area (Å²) in [5.41, 5.74) is -0.275. The Kier molecular flexibility index (Phi) is 6.52. The average Bonchev–Trinajstić information content (AvgIpc) is 3.05. The van der Waals surface area contributed by atoms with Gasteiger partial charge in [-0.1, -0.05) is 42.2 Å². The van der Waals surface area contributed by atoms with Crippen LogP contribution in [0, 0.1) is 5.82 Å². The Morgan fingerprint density at radius 1 is 1.21 bits per heavy atom. The zero-order valence-electron chi connectivity index (χ0n) is 16.9. The summed E-state index contributed by atoms with van der Waals surface area (Å²) in [4.78, 5) is 42.6. The van der Waals surface area contributed by atoms with Gasteiger partial charge in [0.25, 0.3) is 11.5 Å². The number of ether oxygens (including phenoxy) is 1. The van der Waals surface area contributed by atoms with Gasteiger partial charge in [-0.3, -0.25) is 23.7 Å². The van der Waals surface area contributed by atoms with Crippen LogP contribution in [0.4, 0.5) is 4.39 Å². The van der Waals surface area contributed by atoms with Gasteiger partial charge in [-0.2, -0.15) is 4.98 Å². The second kappa shape index (κ2) is 9.51. The number of hydrogen-bond acceptors (Lipinski definition) is 7. The van der Waals surface area contributed by atoms with E-state index in [4.69, 9.17) is 22.1 Å². The highest BCUT2D eigenvalue weighted by Crippen LogP contribution is 2.34. The predicted molar refractivity (Wildman–Crippen MR) is 125 cm³/mol. The van der Waals surface area contributed by atoms with Gasteiger partial charge in [0.15, 0.2) is 11.6 Å². The first kappa shape index (κ1) is 22.6. The van der Waals surface area contributed by atoms with Crippen LogP contribution >= 0.6 is 24.0 Å². The number of thioether (sulfide) groups is 1. The molecule has 33 heavy (non-hydrogen) atoms. The van der Waals surface area contributed by atoms with Crippen LogP contribution in [-0.4, -0.2) is 42.1 Å². The minimum absolute atomic E-state index is 0.0482. The van der Waals surface area contributed by atoms with Gasteiger partial charge in [0.05, 0.1) is 4.91 Å². The number of para-hydroxylation sites is 1. The van der Waals surface area contributed by atoms with Crippen LogP contribution in [0.5, 0.6) is 11.6 Å². The lowest BCUT2D eigenvalue weighted by Gasteiger charge is -2.13. The molecule has 1 saturated heterocycles. The van der Waals surface area contributed by atoms with E-state index in [0.717, 1.165) is 11.8 Å². The summed E-state index contributed by atoms with van der Waals surface area (Å²) in [5, 5.41) is 8.82. The molecular weight excluding hydrogens is 469 g/mol. The summed E-state index contributed by atoms with van der Waals surface area (Å²) in [5.74, 6) is -2.35. The number of amides is 1. The average molecular weight is 486 g/mol. The molecule has 1 aromatic carbocycles. The lowest BCUT2D eigenvalue weighted by molar-refractivity contribution is -0.137. The number of aliphatic carboxylic acids is 1. The number of halogens is 1. The van der Waals surface area contributed by atoms with E-state index in [1.54, 1.807) is 24.3 Å². The standard InChI is InChI=1S/C22H16FN3O5S2/c23-14-6-1-2-7-15(14)31-19-13(20(29)25-10-4-3-8-17(25)24-19)12-16-21(30)26(22(32)33-16)11-5-9-18(27)28/h1-4,6-8,10,12H,5,9,11H2,(H,27,28). The second-order valence-electron chi connectivity index (χ2n) is 6.93. The third kappa shape index (κ3) is 4.78. The van der Waals surface area contributed by atoms with Gasteiger partial charge >= 0.3 is 5.97 Å². The van der Waals surface area contributed by atoms with Gasteiger partial charge in [0, 0.05) is 19.2 Å². The van der Waals surface area contributed by atoms with E-state index >= 15 is 0 Å². The summed E-state index contributed by atoms with van der Waals surface area (Å²) in [6, 6.07) is 10.6. The highest BCUT2D eigenvalue weighted by molar-refractivity contribution is 8.26. The smallest absolute Gasteiger partial charge is 0.303 e. The summed E-state index contributed by atoms with van der Waals surface area (Å²) in [6.45, 7) is 0.141. The number of hydrogen-bond donors (Lipinski definition) is 1. The molecular formula is C22H16FN3O5S2. The monoisotopic (exact) mass is 485 g/mol. The van der Waals surface area contributed by atoms with E-state index < -0.39 is 23.3 Å².